The van der Waals surface area contributed by atoms with Gasteiger partial charge in [-0.25, -0.2) is 0 Å². The maximum Gasteiger partial charge on any atom is 0.113 e. The van der Waals surface area contributed by atoms with E-state index >= 15 is 0 Å². The van der Waals surface area contributed by atoms with Gasteiger partial charge in [0.2, 0.25) is 0 Å². The predicted octanol–water partition coefficient (Wildman–Crippen LogP) is 2.31. The van der Waals surface area contributed by atoms with Gasteiger partial charge in [0.15, 0.2) is 0 Å². The molecule has 0 aromatic heterocycles. The molecular formula is C9H18NO2SWY-3. The molecule has 3 nitrogen and oxygen atoms in total. The van der Waals surface area contributed by atoms with Gasteiger partial charge in [0, 0.05) is 53.8 Å². The van der Waals surface area contributed by atoms with Crippen molar-refractivity contribution in [1.29, 1.82) is 0 Å². The standard InChI is InChI=1S/C5H10NOS.C3H5O.CH3.W.Y/c1-4(7)5(6)3-8-2;1-2-3-4;;;/h5-6H,3H2,1-2H3;2H2,1H3;1H3;;/q3*-1;;. The monoisotopic (exact) mass is 477 g/mol. The number of Topliss-reactive ketones (excluding diaryl/α,β-unsaturated/α-hetero) is 1. The van der Waals surface area contributed by atoms with Crippen molar-refractivity contribution in [3.8, 4) is 0 Å². The fourth-order valence-corrected chi connectivity index (χ4v) is 0.852. The first-order valence-electron chi connectivity index (χ1n) is 3.65. The Morgan fingerprint density at radius 3 is 1.93 bits per heavy atom. The van der Waals surface area contributed by atoms with Crippen molar-refractivity contribution in [2.75, 3.05) is 12.0 Å². The summed E-state index contributed by atoms with van der Waals surface area (Å²) in [4.78, 5) is 19.4. The number of carbonyl (C=O) groups excluding carboxylic acids is 2. The van der Waals surface area contributed by atoms with Crippen LogP contribution >= 0.6 is 11.8 Å². The molecule has 1 radical (unpaired) electrons. The molecule has 1 unspecified atom stereocenters. The van der Waals surface area contributed by atoms with Crippen molar-refractivity contribution < 1.29 is 63.4 Å². The van der Waals surface area contributed by atoms with Gasteiger partial charge < -0.3 is 22.7 Å². The fourth-order valence-electron chi connectivity index (χ4n) is 0.284. The van der Waals surface area contributed by atoms with Gasteiger partial charge in [0.1, 0.15) is 5.78 Å². The zero-order valence-corrected chi connectivity index (χ0v) is 16.3. The Kier molecular flexibility index (Phi) is 49.1. The molecular weight excluding hydrogens is 459 g/mol. The van der Waals surface area contributed by atoms with Crippen LogP contribution < -0.4 is 0 Å². The molecule has 0 heterocycles. The Balaban J connectivity index is -0.0000000424. The summed E-state index contributed by atoms with van der Waals surface area (Å²) in [5.74, 6) is 0.578. The quantitative estimate of drug-likeness (QED) is 0.585. The normalized spacial score (nSPS) is 8.80. The molecule has 0 rings (SSSR count). The Bertz CT molecular complexity index is 139. The van der Waals surface area contributed by atoms with Crippen molar-refractivity contribution in [3.05, 3.63) is 13.2 Å². The molecule has 0 aliphatic heterocycles. The molecule has 0 bridgehead atoms. The molecule has 0 aliphatic rings. The molecule has 0 aliphatic carbocycles. The van der Waals surface area contributed by atoms with Gasteiger partial charge in [0.25, 0.3) is 0 Å². The van der Waals surface area contributed by atoms with E-state index in [4.69, 9.17) is 10.5 Å². The fraction of sp³-hybridized carbons (Fsp3) is 0.667. The molecule has 1 N–H and O–H groups in total. The first-order valence-corrected chi connectivity index (χ1v) is 5.05. The SMILES string of the molecule is CC[C-]=O.CSCC([NH-])C(C)=O.[CH3-].[W].[Y]. The maximum atomic E-state index is 10.3. The van der Waals surface area contributed by atoms with Crippen LogP contribution in [0.5, 0.6) is 0 Å². The Morgan fingerprint density at radius 1 is 1.53 bits per heavy atom. The average Bonchev–Trinajstić information content (AvgIpc) is 2.05. The summed E-state index contributed by atoms with van der Waals surface area (Å²) >= 11 is 1.53. The third-order valence-corrected chi connectivity index (χ3v) is 1.64. The molecule has 0 saturated carbocycles. The number of hydrogen-bond donors (Lipinski definition) is 0. The number of hydrogen-bond acceptors (Lipinski definition) is 3. The zero-order valence-electron chi connectivity index (χ0n) is 9.70. The zero-order chi connectivity index (χ0) is 9.98. The second-order valence-electron chi connectivity index (χ2n) is 2.12. The summed E-state index contributed by atoms with van der Waals surface area (Å²) in [6.07, 6.45) is 4.09. The van der Waals surface area contributed by atoms with Gasteiger partial charge in [-0.1, -0.05) is 13.0 Å². The molecule has 0 aromatic carbocycles. The van der Waals surface area contributed by atoms with Crippen molar-refractivity contribution in [3.63, 3.8) is 0 Å². The summed E-state index contributed by atoms with van der Waals surface area (Å²) in [5, 5.41) is 0. The van der Waals surface area contributed by atoms with Crippen LogP contribution in [0, 0.1) is 7.43 Å². The van der Waals surface area contributed by atoms with Crippen molar-refractivity contribution in [2.45, 2.75) is 26.3 Å². The number of thioether (sulfide) groups is 1. The second kappa shape index (κ2) is 24.6. The van der Waals surface area contributed by atoms with E-state index in [1.807, 2.05) is 6.26 Å². The topological polar surface area (TPSA) is 57.9 Å². The smallest absolute Gasteiger partial charge is 0.113 e. The van der Waals surface area contributed by atoms with Crippen LogP contribution in [0.1, 0.15) is 20.3 Å². The van der Waals surface area contributed by atoms with Gasteiger partial charge >= 0.3 is 0 Å². The van der Waals surface area contributed by atoms with E-state index in [-0.39, 0.29) is 67.0 Å². The van der Waals surface area contributed by atoms with E-state index < -0.39 is 6.04 Å². The molecule has 15 heavy (non-hydrogen) atoms. The largest absolute Gasteiger partial charge is 0.668 e. The van der Waals surface area contributed by atoms with Crippen molar-refractivity contribution >= 4 is 23.8 Å². The summed E-state index contributed by atoms with van der Waals surface area (Å²) in [5.41, 5.74) is 7.06. The molecule has 6 heteroatoms. The Morgan fingerprint density at radius 2 is 1.87 bits per heavy atom. The van der Waals surface area contributed by atoms with Crippen LogP contribution in [0.15, 0.2) is 0 Å². The summed E-state index contributed by atoms with van der Waals surface area (Å²) in [6.45, 7) is 3.21. The Hall–Kier alpha value is 1.44. The van der Waals surface area contributed by atoms with E-state index in [9.17, 15) is 4.79 Å². The molecule has 0 saturated heterocycles. The minimum Gasteiger partial charge on any atom is -0.668 e. The Labute approximate surface area is 137 Å². The number of ketones is 1. The van der Waals surface area contributed by atoms with Crippen molar-refractivity contribution in [2.24, 2.45) is 0 Å². The van der Waals surface area contributed by atoms with E-state index in [0.29, 0.717) is 12.2 Å². The number of rotatable bonds is 4. The van der Waals surface area contributed by atoms with E-state index in [1.54, 1.807) is 13.2 Å². The molecule has 0 amide bonds. The van der Waals surface area contributed by atoms with E-state index in [1.165, 1.54) is 18.7 Å². The maximum absolute atomic E-state index is 10.3. The molecule has 0 fully saturated rings. The number of carbonyl (C=O) groups is 1. The van der Waals surface area contributed by atoms with Crippen LogP contribution in [0.25, 0.3) is 5.73 Å². The van der Waals surface area contributed by atoms with Crippen molar-refractivity contribution in [1.82, 2.24) is 0 Å². The molecule has 0 spiro atoms. The van der Waals surface area contributed by atoms with Crippen LogP contribution in [-0.2, 0) is 63.4 Å². The summed E-state index contributed by atoms with van der Waals surface area (Å²) in [6, 6.07) is -0.509. The predicted molar refractivity (Wildman–Crippen MR) is 59.6 cm³/mol. The van der Waals surface area contributed by atoms with Gasteiger partial charge in [-0.3, -0.25) is 6.29 Å². The van der Waals surface area contributed by atoms with Crippen LogP contribution in [0.2, 0.25) is 0 Å². The van der Waals surface area contributed by atoms with Crippen LogP contribution in [0.4, 0.5) is 0 Å². The minimum absolute atomic E-state index is 0. The molecule has 89 valence electrons. The van der Waals surface area contributed by atoms with Gasteiger partial charge in [-0.15, -0.1) is 0 Å². The number of nitrogens with one attached hydrogen (secondary N) is 1. The third-order valence-electron chi connectivity index (χ3n) is 0.968. The van der Waals surface area contributed by atoms with Gasteiger partial charge in [-0.2, -0.15) is 18.2 Å². The molecule has 0 aromatic rings. The van der Waals surface area contributed by atoms with E-state index in [0.717, 1.165) is 0 Å². The van der Waals surface area contributed by atoms with Crippen LogP contribution in [-0.4, -0.2) is 30.1 Å². The minimum atomic E-state index is -0.509. The molecule has 1 atom stereocenters. The second-order valence-corrected chi connectivity index (χ2v) is 3.03. The first-order chi connectivity index (χ1) is 5.59. The van der Waals surface area contributed by atoms with E-state index in [2.05, 4.69) is 0 Å². The van der Waals surface area contributed by atoms with Gasteiger partial charge in [0.05, 0.1) is 0 Å². The third kappa shape index (κ3) is 31.3. The first kappa shape index (κ1) is 29.9. The van der Waals surface area contributed by atoms with Crippen LogP contribution in [0.3, 0.4) is 0 Å². The summed E-state index contributed by atoms with van der Waals surface area (Å²) in [7, 11) is 0. The van der Waals surface area contributed by atoms with Gasteiger partial charge in [-0.05, 0) is 18.9 Å². The average molecular weight is 477 g/mol. The summed E-state index contributed by atoms with van der Waals surface area (Å²) < 4.78 is 0.